The number of ether oxygens (including phenoxy) is 1. The minimum atomic E-state index is -2.43. The van der Waals surface area contributed by atoms with Crippen molar-refractivity contribution in [2.45, 2.75) is 102 Å². The normalized spacial score (nSPS) is 25.3. The first-order chi connectivity index (χ1) is 17.8. The average Bonchev–Trinajstić information content (AvgIpc) is 3.43. The van der Waals surface area contributed by atoms with E-state index in [4.69, 9.17) is 9.84 Å². The van der Waals surface area contributed by atoms with Crippen molar-refractivity contribution in [1.29, 1.82) is 0 Å². The number of amides is 1. The highest BCUT2D eigenvalue weighted by molar-refractivity contribution is 6.71. The molecule has 2 aromatic rings. The predicted octanol–water partition coefficient (Wildman–Crippen LogP) is 4.10. The molecule has 1 aromatic carbocycles. The van der Waals surface area contributed by atoms with Crippen LogP contribution in [-0.4, -0.2) is 64.5 Å². The summed E-state index contributed by atoms with van der Waals surface area (Å²) in [5, 5.41) is 17.4. The lowest BCUT2D eigenvalue weighted by Gasteiger charge is -2.30. The van der Waals surface area contributed by atoms with E-state index in [1.165, 1.54) is 12.0 Å². The molecule has 4 rings (SSSR count). The first kappa shape index (κ1) is 27.9. The molecule has 0 unspecified atom stereocenters. The average molecular weight is 529 g/mol. The molecule has 0 aliphatic carbocycles. The first-order valence-corrected chi connectivity index (χ1v) is 17.1. The zero-order chi connectivity index (χ0) is 26.4. The zero-order valence-corrected chi connectivity index (χ0v) is 23.7. The van der Waals surface area contributed by atoms with Crippen LogP contribution >= 0.6 is 0 Å². The maximum Gasteiger partial charge on any atom is 0.226 e. The van der Waals surface area contributed by atoms with Crippen LogP contribution < -0.4 is 4.90 Å². The van der Waals surface area contributed by atoms with Crippen molar-refractivity contribution < 1.29 is 19.4 Å². The molecule has 1 aromatic heterocycles. The number of aliphatic hydroxyl groups is 1. The van der Waals surface area contributed by atoms with Gasteiger partial charge >= 0.3 is 0 Å². The number of aryl methyl sites for hydroxylation is 2. The number of anilines is 1. The van der Waals surface area contributed by atoms with E-state index in [9.17, 15) is 9.59 Å². The van der Waals surface area contributed by atoms with Crippen molar-refractivity contribution in [3.05, 3.63) is 41.7 Å². The van der Waals surface area contributed by atoms with E-state index >= 15 is 0 Å². The maximum atomic E-state index is 12.6. The fourth-order valence-corrected chi connectivity index (χ4v) is 8.86. The van der Waals surface area contributed by atoms with Gasteiger partial charge < -0.3 is 19.5 Å². The highest BCUT2D eigenvalue weighted by Crippen LogP contribution is 2.45. The molecule has 1 amide bonds. The molecule has 0 radical (unpaired) electrons. The van der Waals surface area contributed by atoms with Gasteiger partial charge in [0.25, 0.3) is 0 Å². The van der Waals surface area contributed by atoms with Gasteiger partial charge in [-0.25, -0.2) is 0 Å². The summed E-state index contributed by atoms with van der Waals surface area (Å²) in [6, 6.07) is 8.48. The van der Waals surface area contributed by atoms with Gasteiger partial charge in [-0.2, -0.15) is 0 Å². The quantitative estimate of drug-likeness (QED) is 0.450. The molecule has 9 heteroatoms. The van der Waals surface area contributed by atoms with Crippen LogP contribution in [0.4, 0.5) is 5.69 Å². The number of carbonyl (C=O) groups is 1. The van der Waals surface area contributed by atoms with Crippen molar-refractivity contribution in [1.82, 2.24) is 15.0 Å². The summed E-state index contributed by atoms with van der Waals surface area (Å²) >= 11 is 0. The van der Waals surface area contributed by atoms with Crippen LogP contribution in [0.15, 0.2) is 30.5 Å². The van der Waals surface area contributed by atoms with Crippen molar-refractivity contribution in [3.63, 3.8) is 0 Å². The Bertz CT molecular complexity index is 1010. The molecule has 4 atom stereocenters. The van der Waals surface area contributed by atoms with Crippen LogP contribution in [-0.2, 0) is 28.9 Å². The Morgan fingerprint density at radius 3 is 2.54 bits per heavy atom. The number of aliphatic hydroxyl groups excluding tert-OH is 1. The fourth-order valence-electron chi connectivity index (χ4n) is 6.20. The van der Waals surface area contributed by atoms with Crippen molar-refractivity contribution in [2.75, 3.05) is 18.1 Å². The molecular weight excluding hydrogens is 484 g/mol. The Morgan fingerprint density at radius 2 is 1.81 bits per heavy atom. The minimum absolute atomic E-state index is 0.00216. The monoisotopic (exact) mass is 528 g/mol. The molecule has 3 heterocycles. The molecule has 2 N–H and O–H groups in total. The molecule has 0 spiro atoms. The Balaban J connectivity index is 1.35. The van der Waals surface area contributed by atoms with Crippen LogP contribution in [0.5, 0.6) is 0 Å². The molecule has 0 saturated carbocycles. The van der Waals surface area contributed by atoms with Gasteiger partial charge in [-0.15, -0.1) is 5.10 Å². The summed E-state index contributed by atoms with van der Waals surface area (Å²) < 4.78 is 8.40. The van der Waals surface area contributed by atoms with E-state index in [1.807, 2.05) is 28.9 Å². The summed E-state index contributed by atoms with van der Waals surface area (Å²) in [5.74, 6) is 0.527. The first-order valence-electron chi connectivity index (χ1n) is 14.0. The smallest absolute Gasteiger partial charge is 0.226 e. The van der Waals surface area contributed by atoms with Gasteiger partial charge in [-0.1, -0.05) is 37.1 Å². The van der Waals surface area contributed by atoms with E-state index in [0.717, 1.165) is 56.5 Å². The van der Waals surface area contributed by atoms with Gasteiger partial charge in [-0.05, 0) is 68.8 Å². The number of aromatic nitrogens is 3. The molecular formula is C28H44N4O4Si. The van der Waals surface area contributed by atoms with E-state index < -0.39 is 8.32 Å². The molecule has 2 saturated heterocycles. The highest BCUT2D eigenvalue weighted by atomic mass is 28.4. The number of hydrogen-bond donors (Lipinski definition) is 2. The second kappa shape index (κ2) is 12.6. The van der Waals surface area contributed by atoms with Crippen molar-refractivity contribution in [2.24, 2.45) is 5.92 Å². The Morgan fingerprint density at radius 1 is 1.05 bits per heavy atom. The molecule has 2 aliphatic heterocycles. The molecule has 2 aliphatic rings. The van der Waals surface area contributed by atoms with Crippen LogP contribution in [0.1, 0.15) is 63.1 Å². The summed E-state index contributed by atoms with van der Waals surface area (Å²) in [6.45, 7) is 7.83. The Labute approximate surface area is 222 Å². The van der Waals surface area contributed by atoms with E-state index in [2.05, 4.69) is 41.5 Å². The fraction of sp³-hybridized carbons (Fsp3) is 0.679. The Kier molecular flexibility index (Phi) is 9.55. The summed E-state index contributed by atoms with van der Waals surface area (Å²) in [7, 11) is -2.43. The van der Waals surface area contributed by atoms with Gasteiger partial charge in [0.15, 0.2) is 8.32 Å². The lowest BCUT2D eigenvalue weighted by Crippen LogP contribution is -2.40. The molecule has 2 fully saturated rings. The standard InChI is InChI=1S/C28H44N4O4Si/c1-21-25(14-11-22-9-12-24(13-10-22)32-17-7-5-4-6-8-27(32)34)36-26(28(21)37(2,3)35)15-18-31-20-23(16-19-33)29-30-31/h9-10,12-13,20-21,25-26,28,33,35H,4-8,11,14-19H2,1-3H3/t21-,25+,26-,28+/m0/s1. The van der Waals surface area contributed by atoms with Gasteiger partial charge in [0, 0.05) is 50.0 Å². The summed E-state index contributed by atoms with van der Waals surface area (Å²) in [6.07, 6.45) is 10.1. The lowest BCUT2D eigenvalue weighted by molar-refractivity contribution is -0.118. The van der Waals surface area contributed by atoms with Gasteiger partial charge in [0.1, 0.15) is 0 Å². The van der Waals surface area contributed by atoms with Gasteiger partial charge in [0.05, 0.1) is 17.9 Å². The number of carbonyl (C=O) groups excluding carboxylic acids is 1. The molecule has 37 heavy (non-hydrogen) atoms. The minimum Gasteiger partial charge on any atom is -0.432 e. The molecule has 8 nitrogen and oxygen atoms in total. The topological polar surface area (TPSA) is 101 Å². The van der Waals surface area contributed by atoms with E-state index in [-0.39, 0.29) is 36.2 Å². The maximum absolute atomic E-state index is 12.6. The van der Waals surface area contributed by atoms with Crippen LogP contribution in [0.3, 0.4) is 0 Å². The van der Waals surface area contributed by atoms with Crippen LogP contribution in [0.25, 0.3) is 0 Å². The third-order valence-corrected chi connectivity index (χ3v) is 10.6. The van der Waals surface area contributed by atoms with Crippen molar-refractivity contribution >= 4 is 19.9 Å². The number of nitrogens with zero attached hydrogens (tertiary/aromatic N) is 4. The summed E-state index contributed by atoms with van der Waals surface area (Å²) in [5.41, 5.74) is 3.21. The number of hydrogen-bond acceptors (Lipinski definition) is 6. The zero-order valence-electron chi connectivity index (χ0n) is 22.7. The second-order valence-electron chi connectivity index (χ2n) is 11.4. The summed E-state index contributed by atoms with van der Waals surface area (Å²) in [4.78, 5) is 25.6. The lowest BCUT2D eigenvalue weighted by atomic mass is 9.95. The third-order valence-electron chi connectivity index (χ3n) is 8.10. The van der Waals surface area contributed by atoms with Crippen molar-refractivity contribution in [3.8, 4) is 0 Å². The third kappa shape index (κ3) is 7.28. The van der Waals surface area contributed by atoms with Gasteiger partial charge in [-0.3, -0.25) is 9.48 Å². The SMILES string of the molecule is C[C@@H]1[C@@H]([Si](C)(C)O)[C@H](CCn2cc(CCO)nn2)O[C@@H]1CCc1ccc(N2CCCCCCC2=O)cc1. The second-order valence-corrected chi connectivity index (χ2v) is 15.4. The van der Waals surface area contributed by atoms with Crippen LogP contribution in [0.2, 0.25) is 18.6 Å². The molecule has 204 valence electrons. The van der Waals surface area contributed by atoms with E-state index in [0.29, 0.717) is 19.4 Å². The van der Waals surface area contributed by atoms with Gasteiger partial charge in [0.2, 0.25) is 5.91 Å². The Hall–Kier alpha value is -2.07. The molecule has 0 bridgehead atoms. The van der Waals surface area contributed by atoms with E-state index in [1.54, 1.807) is 0 Å². The largest absolute Gasteiger partial charge is 0.432 e. The highest BCUT2D eigenvalue weighted by Gasteiger charge is 2.49. The number of rotatable bonds is 10. The predicted molar refractivity (Wildman–Crippen MR) is 147 cm³/mol. The number of benzene rings is 1. The van der Waals surface area contributed by atoms with Crippen LogP contribution in [0, 0.1) is 5.92 Å².